The summed E-state index contributed by atoms with van der Waals surface area (Å²) in [7, 11) is -1.94. The maximum Gasteiger partial charge on any atom is 0.270 e. The van der Waals surface area contributed by atoms with E-state index in [1.807, 2.05) is 45.9 Å². The van der Waals surface area contributed by atoms with Gasteiger partial charge in [-0.15, -0.1) is 11.3 Å². The summed E-state index contributed by atoms with van der Waals surface area (Å²) < 4.78 is 27.5. The molecule has 2 aromatic rings. The van der Waals surface area contributed by atoms with Crippen LogP contribution in [0.5, 0.6) is 0 Å². The van der Waals surface area contributed by atoms with Crippen molar-refractivity contribution in [2.24, 2.45) is 0 Å². The highest BCUT2D eigenvalue weighted by Crippen LogP contribution is 2.30. The summed E-state index contributed by atoms with van der Waals surface area (Å²) in [6.07, 6.45) is 0. The number of hydrogen-bond donors (Lipinski definition) is 0. The van der Waals surface area contributed by atoms with Gasteiger partial charge in [0.05, 0.1) is 10.2 Å². The first-order valence-corrected chi connectivity index (χ1v) is 8.25. The lowest BCUT2D eigenvalue weighted by Gasteiger charge is -2.29. The molecule has 0 aliphatic rings. The Hall–Kier alpha value is -0.980. The molecule has 0 amide bonds. The van der Waals surface area contributed by atoms with E-state index in [1.165, 1.54) is 15.6 Å². The number of sulfonamides is 1. The minimum atomic E-state index is -3.53. The molecule has 19 heavy (non-hydrogen) atoms. The second kappa shape index (κ2) is 4.54. The predicted octanol–water partition coefficient (Wildman–Crippen LogP) is 3.02. The van der Waals surface area contributed by atoms with Gasteiger partial charge >= 0.3 is 0 Å². The normalized spacial score (nSPS) is 13.4. The van der Waals surface area contributed by atoms with Crippen molar-refractivity contribution >= 4 is 31.6 Å². The minimum absolute atomic E-state index is 0.161. The van der Waals surface area contributed by atoms with Crippen molar-refractivity contribution in [1.82, 2.24) is 9.29 Å². The fraction of sp³-hybridized carbons (Fsp3) is 0.462. The van der Waals surface area contributed by atoms with Gasteiger partial charge in [-0.1, -0.05) is 12.1 Å². The summed E-state index contributed by atoms with van der Waals surface area (Å²) in [6, 6.07) is 5.75. The fourth-order valence-electron chi connectivity index (χ4n) is 1.65. The molecule has 0 saturated carbocycles. The Morgan fingerprint density at radius 1 is 1.26 bits per heavy atom. The molecule has 104 valence electrons. The first-order chi connectivity index (χ1) is 8.64. The lowest BCUT2D eigenvalue weighted by molar-refractivity contribution is 0.291. The second-order valence-corrected chi connectivity index (χ2v) is 8.72. The second-order valence-electron chi connectivity index (χ2n) is 5.54. The van der Waals surface area contributed by atoms with Crippen molar-refractivity contribution in [1.29, 1.82) is 0 Å². The van der Waals surface area contributed by atoms with Gasteiger partial charge in [-0.05, 0) is 39.3 Å². The average Bonchev–Trinajstić information content (AvgIpc) is 2.72. The van der Waals surface area contributed by atoms with Gasteiger partial charge in [0.1, 0.15) is 0 Å². The van der Waals surface area contributed by atoms with Crippen LogP contribution in [0.1, 0.15) is 26.3 Å². The van der Waals surface area contributed by atoms with Gasteiger partial charge in [0.15, 0.2) is 0 Å². The van der Waals surface area contributed by atoms with Gasteiger partial charge in [0.2, 0.25) is 4.34 Å². The van der Waals surface area contributed by atoms with Crippen LogP contribution in [-0.2, 0) is 10.0 Å². The van der Waals surface area contributed by atoms with Gasteiger partial charge in [0, 0.05) is 12.6 Å². The molecular formula is C13H18N2O2S2. The number of hydrogen-bond acceptors (Lipinski definition) is 4. The van der Waals surface area contributed by atoms with E-state index in [-0.39, 0.29) is 4.34 Å². The summed E-state index contributed by atoms with van der Waals surface area (Å²) in [5.74, 6) is 0. The number of benzene rings is 1. The summed E-state index contributed by atoms with van der Waals surface area (Å²) in [6.45, 7) is 7.53. The van der Waals surface area contributed by atoms with E-state index in [2.05, 4.69) is 4.98 Å². The van der Waals surface area contributed by atoms with Crippen LogP contribution in [0, 0.1) is 6.92 Å². The van der Waals surface area contributed by atoms with Crippen LogP contribution in [0.3, 0.4) is 0 Å². The van der Waals surface area contributed by atoms with Crippen LogP contribution in [0.4, 0.5) is 0 Å². The molecule has 0 radical (unpaired) electrons. The van der Waals surface area contributed by atoms with Crippen molar-refractivity contribution in [3.8, 4) is 0 Å². The molecule has 0 aliphatic carbocycles. The molecule has 2 rings (SSSR count). The van der Waals surface area contributed by atoms with Crippen LogP contribution >= 0.6 is 11.3 Å². The molecule has 0 atom stereocenters. The van der Waals surface area contributed by atoms with E-state index in [0.29, 0.717) is 0 Å². The molecule has 0 spiro atoms. The van der Waals surface area contributed by atoms with Gasteiger partial charge < -0.3 is 0 Å². The molecule has 0 aliphatic heterocycles. The van der Waals surface area contributed by atoms with E-state index < -0.39 is 15.6 Å². The average molecular weight is 298 g/mol. The van der Waals surface area contributed by atoms with Crippen molar-refractivity contribution in [3.63, 3.8) is 0 Å². The van der Waals surface area contributed by atoms with Crippen molar-refractivity contribution < 1.29 is 8.42 Å². The number of nitrogens with zero attached hydrogens (tertiary/aromatic N) is 2. The highest BCUT2D eigenvalue weighted by Gasteiger charge is 2.32. The Morgan fingerprint density at radius 2 is 1.89 bits per heavy atom. The van der Waals surface area contributed by atoms with Crippen molar-refractivity contribution in [2.45, 2.75) is 37.6 Å². The lowest BCUT2D eigenvalue weighted by atomic mass is 10.1. The zero-order valence-corrected chi connectivity index (χ0v) is 13.4. The van der Waals surface area contributed by atoms with Gasteiger partial charge in [-0.2, -0.15) is 4.31 Å². The number of aryl methyl sites for hydroxylation is 1. The highest BCUT2D eigenvalue weighted by atomic mass is 32.2. The highest BCUT2D eigenvalue weighted by molar-refractivity contribution is 7.91. The monoisotopic (exact) mass is 298 g/mol. The molecule has 1 aromatic heterocycles. The number of thiazole rings is 1. The van der Waals surface area contributed by atoms with E-state index in [9.17, 15) is 8.42 Å². The third-order valence-corrected chi connectivity index (χ3v) is 6.63. The van der Waals surface area contributed by atoms with E-state index in [4.69, 9.17) is 0 Å². The van der Waals surface area contributed by atoms with Crippen LogP contribution in [-0.4, -0.2) is 30.3 Å². The topological polar surface area (TPSA) is 50.3 Å². The van der Waals surface area contributed by atoms with Gasteiger partial charge in [0.25, 0.3) is 10.0 Å². The standard InChI is InChI=1S/C13H18N2O2S2/c1-9-7-6-8-10-11(9)14-12(18-10)19(16,17)15(5)13(2,3)4/h6-8H,1-5H3. The van der Waals surface area contributed by atoms with Crippen LogP contribution in [0.25, 0.3) is 10.2 Å². The van der Waals surface area contributed by atoms with Crippen LogP contribution in [0.15, 0.2) is 22.5 Å². The number of para-hydroxylation sites is 1. The van der Waals surface area contributed by atoms with Gasteiger partial charge in [-0.3, -0.25) is 0 Å². The Labute approximate surface area is 118 Å². The summed E-state index contributed by atoms with van der Waals surface area (Å²) in [4.78, 5) is 4.31. The quantitative estimate of drug-likeness (QED) is 0.856. The zero-order valence-electron chi connectivity index (χ0n) is 11.8. The van der Waals surface area contributed by atoms with E-state index >= 15 is 0 Å². The zero-order chi connectivity index (χ0) is 14.4. The largest absolute Gasteiger partial charge is 0.270 e. The first kappa shape index (κ1) is 14.4. The number of fused-ring (bicyclic) bond motifs is 1. The molecule has 1 aromatic carbocycles. The molecule has 6 heteroatoms. The van der Waals surface area contributed by atoms with E-state index in [1.54, 1.807) is 7.05 Å². The molecular weight excluding hydrogens is 280 g/mol. The molecule has 0 bridgehead atoms. The molecule has 0 saturated heterocycles. The van der Waals surface area contributed by atoms with Crippen molar-refractivity contribution in [2.75, 3.05) is 7.05 Å². The Bertz CT molecular complexity index is 712. The smallest absolute Gasteiger partial charge is 0.224 e. The molecule has 4 nitrogen and oxygen atoms in total. The third kappa shape index (κ3) is 2.52. The minimum Gasteiger partial charge on any atom is -0.224 e. The predicted molar refractivity (Wildman–Crippen MR) is 79.1 cm³/mol. The first-order valence-electron chi connectivity index (χ1n) is 5.99. The maximum atomic E-state index is 12.5. The van der Waals surface area contributed by atoms with Crippen LogP contribution < -0.4 is 0 Å². The number of aromatic nitrogens is 1. The lowest BCUT2D eigenvalue weighted by Crippen LogP contribution is -2.42. The Balaban J connectivity index is 2.59. The molecule has 1 heterocycles. The third-order valence-electron chi connectivity index (χ3n) is 3.13. The van der Waals surface area contributed by atoms with Gasteiger partial charge in [-0.25, -0.2) is 13.4 Å². The Kier molecular flexibility index (Phi) is 3.45. The van der Waals surface area contributed by atoms with Crippen molar-refractivity contribution in [3.05, 3.63) is 23.8 Å². The molecule has 0 fully saturated rings. The fourth-order valence-corrected chi connectivity index (χ4v) is 4.62. The summed E-state index contributed by atoms with van der Waals surface area (Å²) in [5, 5.41) is 0. The Morgan fingerprint density at radius 3 is 2.42 bits per heavy atom. The molecule has 0 N–H and O–H groups in total. The number of rotatable bonds is 2. The van der Waals surface area contributed by atoms with E-state index in [0.717, 1.165) is 15.8 Å². The maximum absolute atomic E-state index is 12.5. The summed E-state index contributed by atoms with van der Waals surface area (Å²) >= 11 is 1.22. The summed E-state index contributed by atoms with van der Waals surface area (Å²) in [5.41, 5.74) is 1.30. The SMILES string of the molecule is Cc1cccc2sc(S(=O)(=O)N(C)C(C)(C)C)nc12. The van der Waals surface area contributed by atoms with Crippen LogP contribution in [0.2, 0.25) is 0 Å². The molecule has 0 unspecified atom stereocenters.